The molecule has 3 rings (SSSR count). The fourth-order valence-corrected chi connectivity index (χ4v) is 5.11. The minimum absolute atomic E-state index is 0.0165. The zero-order valence-electron chi connectivity index (χ0n) is 15.4. The van der Waals surface area contributed by atoms with Crippen LogP contribution in [0.3, 0.4) is 0 Å². The van der Waals surface area contributed by atoms with Crippen LogP contribution in [0.4, 0.5) is 9.59 Å². The van der Waals surface area contributed by atoms with Crippen molar-refractivity contribution in [3.8, 4) is 0 Å². The summed E-state index contributed by atoms with van der Waals surface area (Å²) in [6.45, 7) is 3.75. The van der Waals surface area contributed by atoms with Crippen LogP contribution in [0, 0.1) is 5.41 Å². The standard InChI is InChI=1S/C18H32N4O2/c1-4-5-10-19-15(23)20-14-6-8-17(9-7-14)11-18(12-17)13-21(2)16(24)22(18)3/h14H,4-13H2,1-3H3,(H2,19,20,23). The van der Waals surface area contributed by atoms with E-state index >= 15 is 0 Å². The highest BCUT2D eigenvalue weighted by Crippen LogP contribution is 2.60. The van der Waals surface area contributed by atoms with Crippen LogP contribution in [-0.4, -0.2) is 60.6 Å². The van der Waals surface area contributed by atoms with Crippen molar-refractivity contribution >= 4 is 12.1 Å². The molecule has 2 saturated carbocycles. The van der Waals surface area contributed by atoms with Gasteiger partial charge in [-0.1, -0.05) is 13.3 Å². The van der Waals surface area contributed by atoms with Crippen molar-refractivity contribution in [1.82, 2.24) is 20.4 Å². The molecular weight excluding hydrogens is 304 g/mol. The predicted octanol–water partition coefficient (Wildman–Crippen LogP) is 2.54. The fourth-order valence-electron chi connectivity index (χ4n) is 5.11. The summed E-state index contributed by atoms with van der Waals surface area (Å²) >= 11 is 0. The first-order valence-corrected chi connectivity index (χ1v) is 9.43. The second-order valence-corrected chi connectivity index (χ2v) is 8.30. The summed E-state index contributed by atoms with van der Waals surface area (Å²) in [4.78, 5) is 27.8. The van der Waals surface area contributed by atoms with Crippen LogP contribution in [0.15, 0.2) is 0 Å². The Hall–Kier alpha value is -1.46. The average molecular weight is 336 g/mol. The zero-order chi connectivity index (χ0) is 17.4. The molecule has 6 nitrogen and oxygen atoms in total. The van der Waals surface area contributed by atoms with Gasteiger partial charge in [-0.05, 0) is 50.4 Å². The molecule has 1 saturated heterocycles. The number of likely N-dealkylation sites (N-methyl/N-ethyl adjacent to an activating group) is 2. The summed E-state index contributed by atoms with van der Waals surface area (Å²) in [7, 11) is 3.85. The van der Waals surface area contributed by atoms with Crippen molar-refractivity contribution in [2.75, 3.05) is 27.2 Å². The lowest BCUT2D eigenvalue weighted by atomic mass is 9.51. The molecule has 0 aromatic heterocycles. The van der Waals surface area contributed by atoms with Crippen LogP contribution in [0.1, 0.15) is 58.3 Å². The number of rotatable bonds is 4. The molecule has 3 aliphatic rings. The van der Waals surface area contributed by atoms with E-state index in [1.165, 1.54) is 12.8 Å². The summed E-state index contributed by atoms with van der Waals surface area (Å²) < 4.78 is 0. The maximum Gasteiger partial charge on any atom is 0.320 e. The summed E-state index contributed by atoms with van der Waals surface area (Å²) in [5.41, 5.74) is 0.472. The maximum atomic E-state index is 12.1. The molecule has 0 aromatic carbocycles. The van der Waals surface area contributed by atoms with Crippen molar-refractivity contribution in [3.63, 3.8) is 0 Å². The normalized spacial score (nSPS) is 35.5. The van der Waals surface area contributed by atoms with E-state index in [1.54, 1.807) is 0 Å². The van der Waals surface area contributed by atoms with Crippen LogP contribution in [0.25, 0.3) is 0 Å². The number of carbonyl (C=O) groups is 2. The number of carbonyl (C=O) groups excluding carboxylic acids is 2. The van der Waals surface area contributed by atoms with Crippen molar-refractivity contribution in [1.29, 1.82) is 0 Å². The SMILES string of the molecule is CCCCNC(=O)NC1CCC2(CC1)CC1(CN(C)C(=O)N1C)C2. The van der Waals surface area contributed by atoms with Gasteiger partial charge in [0, 0.05) is 33.2 Å². The van der Waals surface area contributed by atoms with E-state index in [9.17, 15) is 9.59 Å². The molecule has 6 heteroatoms. The monoisotopic (exact) mass is 336 g/mol. The minimum atomic E-state index is -0.0165. The molecule has 2 aliphatic carbocycles. The Morgan fingerprint density at radius 1 is 1.25 bits per heavy atom. The van der Waals surface area contributed by atoms with Crippen molar-refractivity contribution in [2.45, 2.75) is 69.9 Å². The summed E-state index contributed by atoms with van der Waals surface area (Å²) in [6.07, 6.45) is 8.84. The van der Waals surface area contributed by atoms with Gasteiger partial charge >= 0.3 is 12.1 Å². The molecule has 136 valence electrons. The third kappa shape index (κ3) is 3.07. The van der Waals surface area contributed by atoms with Crippen LogP contribution in [-0.2, 0) is 0 Å². The van der Waals surface area contributed by atoms with Crippen molar-refractivity contribution in [2.24, 2.45) is 5.41 Å². The van der Waals surface area contributed by atoms with Crippen molar-refractivity contribution in [3.05, 3.63) is 0 Å². The zero-order valence-corrected chi connectivity index (χ0v) is 15.4. The van der Waals surface area contributed by atoms with E-state index in [2.05, 4.69) is 17.6 Å². The smallest absolute Gasteiger partial charge is 0.320 e. The molecule has 0 bridgehead atoms. The second-order valence-electron chi connectivity index (χ2n) is 8.30. The Balaban J connectivity index is 1.44. The van der Waals surface area contributed by atoms with E-state index in [-0.39, 0.29) is 17.6 Å². The summed E-state index contributed by atoms with van der Waals surface area (Å²) in [5, 5.41) is 6.06. The van der Waals surface area contributed by atoms with Gasteiger partial charge in [0.15, 0.2) is 0 Å². The Morgan fingerprint density at radius 2 is 1.92 bits per heavy atom. The topological polar surface area (TPSA) is 64.7 Å². The van der Waals surface area contributed by atoms with Crippen LogP contribution >= 0.6 is 0 Å². The molecule has 1 aliphatic heterocycles. The number of hydrogen-bond donors (Lipinski definition) is 2. The maximum absolute atomic E-state index is 12.1. The number of nitrogens with zero attached hydrogens (tertiary/aromatic N) is 2. The summed E-state index contributed by atoms with van der Waals surface area (Å²) in [5.74, 6) is 0. The molecule has 0 atom stereocenters. The Labute approximate surface area is 145 Å². The lowest BCUT2D eigenvalue weighted by Crippen LogP contribution is -2.61. The number of urea groups is 2. The van der Waals surface area contributed by atoms with E-state index in [4.69, 9.17) is 0 Å². The highest BCUT2D eigenvalue weighted by Gasteiger charge is 2.61. The molecule has 1 heterocycles. The second kappa shape index (κ2) is 6.45. The molecule has 24 heavy (non-hydrogen) atoms. The Bertz CT molecular complexity index is 491. The van der Waals surface area contributed by atoms with Gasteiger partial charge in [0.05, 0.1) is 5.54 Å². The lowest BCUT2D eigenvalue weighted by Gasteiger charge is -2.59. The lowest BCUT2D eigenvalue weighted by molar-refractivity contribution is -0.0623. The molecule has 3 fully saturated rings. The van der Waals surface area contributed by atoms with Gasteiger partial charge in [-0.15, -0.1) is 0 Å². The molecular formula is C18H32N4O2. The van der Waals surface area contributed by atoms with E-state index < -0.39 is 0 Å². The van der Waals surface area contributed by atoms with Crippen LogP contribution in [0.2, 0.25) is 0 Å². The number of unbranched alkanes of at least 4 members (excludes halogenated alkanes) is 1. The summed E-state index contributed by atoms with van der Waals surface area (Å²) in [6, 6.07) is 0.445. The van der Waals surface area contributed by atoms with Gasteiger partial charge in [-0.3, -0.25) is 0 Å². The van der Waals surface area contributed by atoms with Gasteiger partial charge in [0.1, 0.15) is 0 Å². The third-order valence-electron chi connectivity index (χ3n) is 6.46. The fraction of sp³-hybridized carbons (Fsp3) is 0.889. The first kappa shape index (κ1) is 17.4. The van der Waals surface area contributed by atoms with Gasteiger partial charge in [0.2, 0.25) is 0 Å². The largest absolute Gasteiger partial charge is 0.338 e. The highest BCUT2D eigenvalue weighted by atomic mass is 16.2. The van der Waals surface area contributed by atoms with Crippen LogP contribution < -0.4 is 10.6 Å². The van der Waals surface area contributed by atoms with Gasteiger partial charge in [-0.25, -0.2) is 9.59 Å². The average Bonchev–Trinajstić information content (AvgIpc) is 2.74. The molecule has 4 amide bonds. The highest BCUT2D eigenvalue weighted by molar-refractivity contribution is 5.78. The molecule has 0 unspecified atom stereocenters. The predicted molar refractivity (Wildman–Crippen MR) is 93.9 cm³/mol. The molecule has 0 radical (unpaired) electrons. The van der Waals surface area contributed by atoms with Crippen molar-refractivity contribution < 1.29 is 9.59 Å². The first-order valence-electron chi connectivity index (χ1n) is 9.43. The first-order chi connectivity index (χ1) is 11.4. The number of hydrogen-bond acceptors (Lipinski definition) is 2. The quantitative estimate of drug-likeness (QED) is 0.775. The minimum Gasteiger partial charge on any atom is -0.338 e. The Kier molecular flexibility index (Phi) is 4.67. The van der Waals surface area contributed by atoms with Crippen LogP contribution in [0.5, 0.6) is 0 Å². The van der Waals surface area contributed by atoms with E-state index in [0.717, 1.165) is 51.6 Å². The van der Waals surface area contributed by atoms with Gasteiger partial charge < -0.3 is 20.4 Å². The number of nitrogens with one attached hydrogen (secondary N) is 2. The van der Waals surface area contributed by atoms with Gasteiger partial charge in [-0.2, -0.15) is 0 Å². The molecule has 2 spiro atoms. The molecule has 2 N–H and O–H groups in total. The van der Waals surface area contributed by atoms with E-state index in [0.29, 0.717) is 11.5 Å². The number of amides is 4. The Morgan fingerprint density at radius 3 is 2.46 bits per heavy atom. The third-order valence-corrected chi connectivity index (χ3v) is 6.46. The van der Waals surface area contributed by atoms with E-state index in [1.807, 2.05) is 23.9 Å². The molecule has 0 aromatic rings. The van der Waals surface area contributed by atoms with Gasteiger partial charge in [0.25, 0.3) is 0 Å².